The van der Waals surface area contributed by atoms with Crippen LogP contribution in [0.25, 0.3) is 10.8 Å². The van der Waals surface area contributed by atoms with Crippen LogP contribution in [-0.2, 0) is 10.3 Å². The van der Waals surface area contributed by atoms with Gasteiger partial charge in [0.1, 0.15) is 10.4 Å². The van der Waals surface area contributed by atoms with E-state index in [-0.39, 0.29) is 0 Å². The van der Waals surface area contributed by atoms with Crippen LogP contribution < -0.4 is 5.73 Å². The molecule has 2 N–H and O–H groups in total. The van der Waals surface area contributed by atoms with E-state index in [9.17, 15) is 0 Å². The summed E-state index contributed by atoms with van der Waals surface area (Å²) in [4.78, 5) is 9.16. The monoisotopic (exact) mass is 280 g/mol. The molecule has 1 saturated carbocycles. The third-order valence-electron chi connectivity index (χ3n) is 3.25. The molecule has 1 aliphatic carbocycles. The van der Waals surface area contributed by atoms with E-state index in [0.29, 0.717) is 24.4 Å². The zero-order valence-corrected chi connectivity index (χ0v) is 11.5. The van der Waals surface area contributed by atoms with E-state index < -0.39 is 5.54 Å². The summed E-state index contributed by atoms with van der Waals surface area (Å²) in [6.45, 7) is 2.26. The summed E-state index contributed by atoms with van der Waals surface area (Å²) in [6, 6.07) is 0. The quantitative estimate of drug-likeness (QED) is 0.900. The van der Waals surface area contributed by atoms with Gasteiger partial charge in [0.25, 0.3) is 5.89 Å². The molecule has 3 rings (SSSR count). The average molecular weight is 280 g/mol. The van der Waals surface area contributed by atoms with Gasteiger partial charge in [-0.25, -0.2) is 0 Å². The summed E-state index contributed by atoms with van der Waals surface area (Å²) in [5, 5.41) is 3.95. The Balaban J connectivity index is 1.69. The van der Waals surface area contributed by atoms with Crippen LogP contribution in [0.3, 0.4) is 0 Å². The van der Waals surface area contributed by atoms with Crippen molar-refractivity contribution in [2.75, 3.05) is 6.61 Å². The van der Waals surface area contributed by atoms with Crippen molar-refractivity contribution in [2.45, 2.75) is 37.8 Å². The molecule has 2 aromatic rings. The highest BCUT2D eigenvalue weighted by molar-refractivity contribution is 7.13. The lowest BCUT2D eigenvalue weighted by Crippen LogP contribution is -2.41. The standard InChI is InChI=1S/C12H16N4O2S/c1-12(13,6-17-8-3-2-4-8)11-15-10(18-16-11)9-5-14-7-19-9/h5,7-8H,2-4,6,13H2,1H3. The number of hydrogen-bond donors (Lipinski definition) is 1. The molecule has 1 aliphatic rings. The van der Waals surface area contributed by atoms with Crippen molar-refractivity contribution in [1.29, 1.82) is 0 Å². The van der Waals surface area contributed by atoms with Crippen LogP contribution in [-0.4, -0.2) is 27.8 Å². The highest BCUT2D eigenvalue weighted by atomic mass is 32.1. The van der Waals surface area contributed by atoms with Crippen molar-refractivity contribution >= 4 is 11.3 Å². The lowest BCUT2D eigenvalue weighted by Gasteiger charge is -2.29. The van der Waals surface area contributed by atoms with E-state index >= 15 is 0 Å². The first kappa shape index (κ1) is 12.7. The molecule has 0 bridgehead atoms. The third-order valence-corrected chi connectivity index (χ3v) is 4.01. The first-order valence-corrected chi connectivity index (χ1v) is 7.17. The second kappa shape index (κ2) is 4.99. The molecule has 0 amide bonds. The number of nitrogens with two attached hydrogens (primary N) is 1. The smallest absolute Gasteiger partial charge is 0.269 e. The molecule has 0 aliphatic heterocycles. The van der Waals surface area contributed by atoms with Crippen molar-refractivity contribution in [3.8, 4) is 10.8 Å². The summed E-state index contributed by atoms with van der Waals surface area (Å²) in [5.41, 5.74) is 7.20. The molecule has 1 unspecified atom stereocenters. The Kier molecular flexibility index (Phi) is 3.34. The van der Waals surface area contributed by atoms with Gasteiger partial charge in [0.2, 0.25) is 0 Å². The number of aromatic nitrogens is 3. The van der Waals surface area contributed by atoms with Crippen LogP contribution in [0.5, 0.6) is 0 Å². The van der Waals surface area contributed by atoms with Crippen LogP contribution in [0.15, 0.2) is 16.2 Å². The molecule has 0 radical (unpaired) electrons. The molecule has 2 heterocycles. The number of ether oxygens (including phenoxy) is 1. The van der Waals surface area contributed by atoms with Gasteiger partial charge in [-0.15, -0.1) is 11.3 Å². The van der Waals surface area contributed by atoms with Gasteiger partial charge < -0.3 is 15.0 Å². The Morgan fingerprint density at radius 1 is 1.58 bits per heavy atom. The lowest BCUT2D eigenvalue weighted by molar-refractivity contribution is -0.0222. The predicted molar refractivity (Wildman–Crippen MR) is 70.5 cm³/mol. The molecule has 0 saturated heterocycles. The lowest BCUT2D eigenvalue weighted by atomic mass is 9.95. The van der Waals surface area contributed by atoms with Gasteiger partial charge in [-0.1, -0.05) is 5.16 Å². The molecule has 1 fully saturated rings. The maximum absolute atomic E-state index is 6.21. The maximum Gasteiger partial charge on any atom is 0.269 e. The molecule has 0 aromatic carbocycles. The Bertz CT molecular complexity index is 534. The first-order valence-electron chi connectivity index (χ1n) is 6.29. The van der Waals surface area contributed by atoms with Gasteiger partial charge in [-0.2, -0.15) is 4.98 Å². The van der Waals surface area contributed by atoms with Gasteiger partial charge in [0, 0.05) is 0 Å². The Hall–Kier alpha value is -1.31. The molecule has 2 aromatic heterocycles. The average Bonchev–Trinajstić information content (AvgIpc) is 2.98. The zero-order chi connectivity index (χ0) is 13.3. The van der Waals surface area contributed by atoms with E-state index in [1.165, 1.54) is 17.8 Å². The van der Waals surface area contributed by atoms with Gasteiger partial charge in [-0.3, -0.25) is 4.98 Å². The number of thiazole rings is 1. The van der Waals surface area contributed by atoms with E-state index in [1.54, 1.807) is 11.7 Å². The fraction of sp³-hybridized carbons (Fsp3) is 0.583. The molecule has 0 spiro atoms. The summed E-state index contributed by atoms with van der Waals surface area (Å²) in [7, 11) is 0. The summed E-state index contributed by atoms with van der Waals surface area (Å²) >= 11 is 1.45. The normalized spacial score (nSPS) is 19.1. The SMILES string of the molecule is CC(N)(COC1CCC1)c1noc(-c2cncs2)n1. The topological polar surface area (TPSA) is 87.1 Å². The molecule has 102 valence electrons. The minimum absolute atomic E-state index is 0.343. The van der Waals surface area contributed by atoms with Gasteiger partial charge in [0.15, 0.2) is 5.82 Å². The van der Waals surface area contributed by atoms with Gasteiger partial charge >= 0.3 is 0 Å². The molecular formula is C12H16N4O2S. The van der Waals surface area contributed by atoms with Crippen molar-refractivity contribution < 1.29 is 9.26 Å². The van der Waals surface area contributed by atoms with E-state index in [0.717, 1.165) is 17.7 Å². The summed E-state index contributed by atoms with van der Waals surface area (Å²) in [6.07, 6.45) is 5.52. The van der Waals surface area contributed by atoms with Crippen molar-refractivity contribution in [3.63, 3.8) is 0 Å². The van der Waals surface area contributed by atoms with Crippen molar-refractivity contribution in [2.24, 2.45) is 5.73 Å². The number of nitrogens with zero attached hydrogens (tertiary/aromatic N) is 3. The van der Waals surface area contributed by atoms with Crippen LogP contribution in [0.4, 0.5) is 0 Å². The molecule has 19 heavy (non-hydrogen) atoms. The Morgan fingerprint density at radius 2 is 2.42 bits per heavy atom. The fourth-order valence-corrected chi connectivity index (χ4v) is 2.31. The number of hydrogen-bond acceptors (Lipinski definition) is 7. The van der Waals surface area contributed by atoms with Crippen LogP contribution in [0.2, 0.25) is 0 Å². The molecule has 1 atom stereocenters. The highest BCUT2D eigenvalue weighted by Gasteiger charge is 2.30. The minimum atomic E-state index is -0.734. The van der Waals surface area contributed by atoms with Crippen molar-refractivity contribution in [1.82, 2.24) is 15.1 Å². The number of rotatable bonds is 5. The second-order valence-electron chi connectivity index (χ2n) is 5.07. The second-order valence-corrected chi connectivity index (χ2v) is 5.96. The third kappa shape index (κ3) is 2.68. The first-order chi connectivity index (χ1) is 9.15. The van der Waals surface area contributed by atoms with Crippen LogP contribution in [0, 0.1) is 0 Å². The van der Waals surface area contributed by atoms with E-state index in [1.807, 2.05) is 6.92 Å². The fourth-order valence-electron chi connectivity index (χ4n) is 1.77. The molecular weight excluding hydrogens is 264 g/mol. The van der Waals surface area contributed by atoms with Crippen LogP contribution in [0.1, 0.15) is 32.0 Å². The van der Waals surface area contributed by atoms with E-state index in [4.69, 9.17) is 15.0 Å². The Morgan fingerprint density at radius 3 is 3.05 bits per heavy atom. The minimum Gasteiger partial charge on any atom is -0.376 e. The zero-order valence-electron chi connectivity index (χ0n) is 10.7. The Labute approximate surface area is 115 Å². The predicted octanol–water partition coefficient (Wildman–Crippen LogP) is 1.94. The van der Waals surface area contributed by atoms with Gasteiger partial charge in [0.05, 0.1) is 24.4 Å². The molecule has 7 heteroatoms. The largest absolute Gasteiger partial charge is 0.376 e. The summed E-state index contributed by atoms with van der Waals surface area (Å²) < 4.78 is 11.0. The maximum atomic E-state index is 6.21. The molecule has 6 nitrogen and oxygen atoms in total. The van der Waals surface area contributed by atoms with Crippen LogP contribution >= 0.6 is 11.3 Å². The van der Waals surface area contributed by atoms with Crippen molar-refractivity contribution in [3.05, 3.63) is 17.5 Å². The summed E-state index contributed by atoms with van der Waals surface area (Å²) in [5.74, 6) is 0.924. The van der Waals surface area contributed by atoms with E-state index in [2.05, 4.69) is 15.1 Å². The highest BCUT2D eigenvalue weighted by Crippen LogP contribution is 2.26. The van der Waals surface area contributed by atoms with Gasteiger partial charge in [-0.05, 0) is 26.2 Å².